The van der Waals surface area contributed by atoms with Crippen LogP contribution in [0.5, 0.6) is 0 Å². The van der Waals surface area contributed by atoms with Crippen LogP contribution in [0.25, 0.3) is 0 Å². The first-order valence-electron chi connectivity index (χ1n) is 10.8. The summed E-state index contributed by atoms with van der Waals surface area (Å²) in [6.45, 7) is 10.4. The fraction of sp³-hybridized carbons (Fsp3) is 0.500. The van der Waals surface area contributed by atoms with Crippen molar-refractivity contribution in [2.45, 2.75) is 52.1 Å². The van der Waals surface area contributed by atoms with Gasteiger partial charge in [-0.1, -0.05) is 0 Å². The van der Waals surface area contributed by atoms with Crippen LogP contribution < -0.4 is 10.6 Å². The molecule has 4 heterocycles. The van der Waals surface area contributed by atoms with Gasteiger partial charge in [0.25, 0.3) is 15.9 Å². The van der Waals surface area contributed by atoms with E-state index in [2.05, 4.69) is 28.9 Å². The number of amides is 1. The van der Waals surface area contributed by atoms with Crippen LogP contribution in [0.3, 0.4) is 0 Å². The van der Waals surface area contributed by atoms with Crippen LogP contribution in [0.4, 0.5) is 5.00 Å². The van der Waals surface area contributed by atoms with Gasteiger partial charge in [-0.25, -0.2) is 13.2 Å². The molecular weight excluding hydrogens is 464 g/mol. The third-order valence-corrected chi connectivity index (χ3v) is 8.27. The molecule has 9 nitrogen and oxygen atoms in total. The maximum atomic E-state index is 13.3. The molecule has 0 spiro atoms. The lowest BCUT2D eigenvalue weighted by Gasteiger charge is -2.42. The molecule has 0 radical (unpaired) electrons. The van der Waals surface area contributed by atoms with Crippen molar-refractivity contribution in [2.24, 2.45) is 4.40 Å². The summed E-state index contributed by atoms with van der Waals surface area (Å²) in [7, 11) is -3.64. The molecule has 3 aliphatic heterocycles. The van der Waals surface area contributed by atoms with E-state index in [0.29, 0.717) is 17.0 Å². The molecule has 178 valence electrons. The van der Waals surface area contributed by atoms with Crippen LogP contribution in [0.2, 0.25) is 0 Å². The van der Waals surface area contributed by atoms with E-state index in [-0.39, 0.29) is 35.9 Å². The molecule has 0 bridgehead atoms. The molecule has 33 heavy (non-hydrogen) atoms. The fourth-order valence-corrected chi connectivity index (χ4v) is 6.84. The molecule has 3 aliphatic rings. The summed E-state index contributed by atoms with van der Waals surface area (Å²) in [5.41, 5.74) is 0.661. The first kappa shape index (κ1) is 23.7. The number of rotatable bonds is 4. The van der Waals surface area contributed by atoms with Gasteiger partial charge in [0.05, 0.1) is 23.5 Å². The molecule has 0 atom stereocenters. The second-order valence-corrected chi connectivity index (χ2v) is 12.2. The molecule has 1 amide bonds. The second kappa shape index (κ2) is 8.07. The number of thiophene rings is 1. The molecular formula is C22H28N4O5S2. The number of amidine groups is 1. The molecule has 1 aromatic rings. The second-order valence-electron chi connectivity index (χ2n) is 9.42. The lowest BCUT2D eigenvalue weighted by molar-refractivity contribution is -0.112. The van der Waals surface area contributed by atoms with Gasteiger partial charge in [-0.2, -0.15) is 0 Å². The standard InChI is InChI=1S/C22H28N4O5S2/c1-6-31-20(28)15-14-12-21(2,3)25-22(4,5)16(14)32-19(15)23-18(27)13-8-7-9-26-10-11-33(29,30)24-17(13)26/h7-9,25H,6,10-12H2,1-5H3,(H,23,27). The van der Waals surface area contributed by atoms with Crippen molar-refractivity contribution in [1.82, 2.24) is 10.2 Å². The Bertz CT molecular complexity index is 1220. The van der Waals surface area contributed by atoms with E-state index in [4.69, 9.17) is 4.74 Å². The lowest BCUT2D eigenvalue weighted by Crippen LogP contribution is -2.55. The Labute approximate surface area is 197 Å². The topological polar surface area (TPSA) is 117 Å². The van der Waals surface area contributed by atoms with Crippen LogP contribution in [-0.2, 0) is 31.5 Å². The van der Waals surface area contributed by atoms with Gasteiger partial charge >= 0.3 is 5.97 Å². The zero-order chi connectivity index (χ0) is 24.2. The van der Waals surface area contributed by atoms with Crippen molar-refractivity contribution < 1.29 is 22.7 Å². The summed E-state index contributed by atoms with van der Waals surface area (Å²) in [5, 5.41) is 6.83. The number of nitrogens with one attached hydrogen (secondary N) is 2. The van der Waals surface area contributed by atoms with Crippen LogP contribution in [0, 0.1) is 0 Å². The Morgan fingerprint density at radius 1 is 1.30 bits per heavy atom. The highest BCUT2D eigenvalue weighted by Gasteiger charge is 2.42. The highest BCUT2D eigenvalue weighted by molar-refractivity contribution is 7.90. The van der Waals surface area contributed by atoms with E-state index in [0.717, 1.165) is 10.4 Å². The highest BCUT2D eigenvalue weighted by atomic mass is 32.2. The third-order valence-electron chi connectivity index (χ3n) is 5.65. The summed E-state index contributed by atoms with van der Waals surface area (Å²) in [5.74, 6) is -1.05. The summed E-state index contributed by atoms with van der Waals surface area (Å²) < 4.78 is 33.2. The van der Waals surface area contributed by atoms with Crippen LogP contribution in [-0.4, -0.2) is 55.5 Å². The zero-order valence-corrected chi connectivity index (χ0v) is 20.9. The number of carbonyl (C=O) groups excluding carboxylic acids is 2. The van der Waals surface area contributed by atoms with Gasteiger partial charge in [0.15, 0.2) is 5.84 Å². The van der Waals surface area contributed by atoms with Gasteiger partial charge < -0.3 is 20.3 Å². The predicted octanol–water partition coefficient (Wildman–Crippen LogP) is 2.52. The van der Waals surface area contributed by atoms with Gasteiger partial charge in [-0.3, -0.25) is 4.79 Å². The number of anilines is 1. The van der Waals surface area contributed by atoms with Crippen molar-refractivity contribution in [1.29, 1.82) is 0 Å². The Morgan fingerprint density at radius 3 is 2.73 bits per heavy atom. The SMILES string of the molecule is CCOC(=O)c1c(NC(=O)C2=CC=CN3CCS(=O)(=O)N=C23)sc2c1CC(C)(C)NC2(C)C. The first-order valence-corrected chi connectivity index (χ1v) is 13.2. The first-order chi connectivity index (χ1) is 15.3. The van der Waals surface area contributed by atoms with Crippen LogP contribution in [0.15, 0.2) is 28.3 Å². The zero-order valence-electron chi connectivity index (χ0n) is 19.3. The Balaban J connectivity index is 1.76. The Hall–Kier alpha value is -2.50. The number of nitrogens with zero attached hydrogens (tertiary/aromatic N) is 2. The number of esters is 1. The summed E-state index contributed by atoms with van der Waals surface area (Å²) in [6.07, 6.45) is 5.48. The Morgan fingerprint density at radius 2 is 2.03 bits per heavy atom. The molecule has 1 aromatic heterocycles. The van der Waals surface area contributed by atoms with E-state index < -0.39 is 27.4 Å². The molecule has 0 aliphatic carbocycles. The normalized spacial score (nSPS) is 21.9. The number of ether oxygens (including phenoxy) is 1. The molecule has 11 heteroatoms. The number of sulfonamides is 1. The average Bonchev–Trinajstić information content (AvgIpc) is 3.04. The number of carbonyl (C=O) groups is 2. The lowest BCUT2D eigenvalue weighted by atomic mass is 9.81. The van der Waals surface area contributed by atoms with E-state index in [9.17, 15) is 18.0 Å². The molecule has 0 saturated carbocycles. The number of hydrogen-bond acceptors (Lipinski definition) is 8. The van der Waals surface area contributed by atoms with Crippen molar-refractivity contribution in [3.05, 3.63) is 39.9 Å². The average molecular weight is 493 g/mol. The van der Waals surface area contributed by atoms with Gasteiger partial charge in [0.2, 0.25) is 0 Å². The molecule has 0 saturated heterocycles. The molecule has 2 N–H and O–H groups in total. The third kappa shape index (κ3) is 4.49. The van der Waals surface area contributed by atoms with Crippen molar-refractivity contribution in [2.75, 3.05) is 24.2 Å². The van der Waals surface area contributed by atoms with Gasteiger partial charge in [0, 0.05) is 28.7 Å². The van der Waals surface area contributed by atoms with Crippen LogP contribution >= 0.6 is 11.3 Å². The highest BCUT2D eigenvalue weighted by Crippen LogP contribution is 2.45. The molecule has 0 unspecified atom stereocenters. The van der Waals surface area contributed by atoms with E-state index in [1.54, 1.807) is 24.1 Å². The Kier molecular flexibility index (Phi) is 5.78. The van der Waals surface area contributed by atoms with Crippen molar-refractivity contribution in [3.63, 3.8) is 0 Å². The van der Waals surface area contributed by atoms with E-state index in [1.165, 1.54) is 17.4 Å². The number of fused-ring (bicyclic) bond motifs is 2. The quantitative estimate of drug-likeness (QED) is 0.620. The van der Waals surface area contributed by atoms with Gasteiger partial charge in [-0.05, 0) is 58.8 Å². The van der Waals surface area contributed by atoms with Gasteiger partial charge in [-0.15, -0.1) is 15.7 Å². The summed E-state index contributed by atoms with van der Waals surface area (Å²) >= 11 is 1.33. The van der Waals surface area contributed by atoms with Crippen LogP contribution in [0.1, 0.15) is 55.4 Å². The summed E-state index contributed by atoms with van der Waals surface area (Å²) in [6, 6.07) is 0. The molecule has 0 fully saturated rings. The minimum absolute atomic E-state index is 0.0865. The maximum Gasteiger partial charge on any atom is 0.341 e. The smallest absolute Gasteiger partial charge is 0.341 e. The van der Waals surface area contributed by atoms with E-state index in [1.807, 2.05) is 13.8 Å². The minimum Gasteiger partial charge on any atom is -0.462 e. The van der Waals surface area contributed by atoms with Crippen molar-refractivity contribution in [3.8, 4) is 0 Å². The fourth-order valence-electron chi connectivity index (χ4n) is 4.60. The molecule has 0 aromatic carbocycles. The number of allylic oxidation sites excluding steroid dienone is 2. The predicted molar refractivity (Wildman–Crippen MR) is 128 cm³/mol. The number of hydrogen-bond donors (Lipinski definition) is 2. The van der Waals surface area contributed by atoms with E-state index >= 15 is 0 Å². The van der Waals surface area contributed by atoms with Gasteiger partial charge in [0.1, 0.15) is 5.00 Å². The minimum atomic E-state index is -3.64. The maximum absolute atomic E-state index is 13.3. The molecule has 4 rings (SSSR count). The monoisotopic (exact) mass is 492 g/mol. The summed E-state index contributed by atoms with van der Waals surface area (Å²) in [4.78, 5) is 28.8. The van der Waals surface area contributed by atoms with Crippen molar-refractivity contribution >= 4 is 44.1 Å². The largest absolute Gasteiger partial charge is 0.462 e.